The lowest BCUT2D eigenvalue weighted by Crippen LogP contribution is -2.55. The molecule has 14 nitrogen and oxygen atoms in total. The second-order valence-electron chi connectivity index (χ2n) is 15.7. The molecule has 2 aromatic carbocycles. The van der Waals surface area contributed by atoms with E-state index in [1.54, 1.807) is 17.3 Å². The number of nitrogens with one attached hydrogen (secondary N) is 2. The standard InChI is InChI=1S/C39H48ClN11O3S/c1-46-35-20-30(7-8-34(35)37(45-46)50-18-13-36(52)44-39(50)53)51-31-5-6-32(51)25-47(24-31)23-26-9-14-48(15-10-26)29-3-2-4-33(19-29)55(54)49-16-11-28(12-17-49)43-38-41-21-27(40)22-42-38/h2-4,7-8,19-22,26,28,31-32H,5-6,9-18,23-25H2,1H3,(H,41,42,43)(H,44,52,53). The van der Waals surface area contributed by atoms with Crippen molar-refractivity contribution >= 4 is 68.6 Å². The van der Waals surface area contributed by atoms with Crippen molar-refractivity contribution in [3.05, 3.63) is 59.9 Å². The molecule has 3 amide bonds. The van der Waals surface area contributed by atoms with E-state index in [0.29, 0.717) is 41.3 Å². The van der Waals surface area contributed by atoms with Crippen molar-refractivity contribution in [2.75, 3.05) is 72.4 Å². The van der Waals surface area contributed by atoms with Gasteiger partial charge in [0.2, 0.25) is 11.9 Å². The van der Waals surface area contributed by atoms with Crippen LogP contribution >= 0.6 is 11.6 Å². The third-order valence-corrected chi connectivity index (χ3v) is 13.8. The molecule has 290 valence electrons. The lowest BCUT2D eigenvalue weighted by molar-refractivity contribution is -0.120. The number of carbonyl (C=O) groups is 2. The van der Waals surface area contributed by atoms with Gasteiger partial charge in [-0.2, -0.15) is 5.10 Å². The number of carbonyl (C=O) groups excluding carboxylic acids is 2. The van der Waals surface area contributed by atoms with Crippen LogP contribution in [0.4, 0.5) is 27.9 Å². The molecule has 16 heteroatoms. The molecular weight excluding hydrogens is 738 g/mol. The maximum Gasteiger partial charge on any atom is 0.329 e. The van der Waals surface area contributed by atoms with E-state index in [4.69, 9.17) is 16.7 Å². The molecular formula is C39H48ClN11O3S. The fraction of sp³-hybridized carbons (Fsp3) is 0.513. The van der Waals surface area contributed by atoms with Gasteiger partial charge in [0.1, 0.15) is 11.0 Å². The maximum atomic E-state index is 13.7. The van der Waals surface area contributed by atoms with Gasteiger partial charge in [-0.05, 0) is 80.8 Å². The fourth-order valence-corrected chi connectivity index (χ4v) is 10.7. The summed E-state index contributed by atoms with van der Waals surface area (Å²) in [6.45, 7) is 7.13. The number of halogens is 1. The van der Waals surface area contributed by atoms with Gasteiger partial charge in [0.05, 0.1) is 27.8 Å². The van der Waals surface area contributed by atoms with Crippen LogP contribution in [0.1, 0.15) is 44.9 Å². The predicted octanol–water partition coefficient (Wildman–Crippen LogP) is 4.63. The lowest BCUT2D eigenvalue weighted by Gasteiger charge is -2.44. The van der Waals surface area contributed by atoms with E-state index in [0.717, 1.165) is 87.3 Å². The van der Waals surface area contributed by atoms with Crippen molar-refractivity contribution in [2.45, 2.75) is 68.0 Å². The van der Waals surface area contributed by atoms with Crippen molar-refractivity contribution in [1.29, 1.82) is 0 Å². The van der Waals surface area contributed by atoms with Crippen molar-refractivity contribution in [3.63, 3.8) is 0 Å². The highest BCUT2D eigenvalue weighted by molar-refractivity contribution is 7.82. The van der Waals surface area contributed by atoms with Gasteiger partial charge < -0.3 is 15.1 Å². The van der Waals surface area contributed by atoms with Gasteiger partial charge >= 0.3 is 6.03 Å². The number of rotatable bonds is 9. The molecule has 2 bridgehead atoms. The Morgan fingerprint density at radius 1 is 0.891 bits per heavy atom. The SMILES string of the molecule is Cn1nc(N2CCC(=O)NC2=O)c2ccc(N3C4CCC3CN(CC3CCN(c5cccc(S(=O)N6CCC(Nc7ncc(Cl)cn7)CC6)c5)CC3)C4)cc21. The first-order valence-corrected chi connectivity index (χ1v) is 21.1. The summed E-state index contributed by atoms with van der Waals surface area (Å²) in [5.74, 6) is 1.60. The fourth-order valence-electron chi connectivity index (χ4n) is 9.33. The van der Waals surface area contributed by atoms with Crippen LogP contribution in [0.5, 0.6) is 0 Å². The molecule has 5 fully saturated rings. The number of amides is 3. The molecule has 0 aliphatic carbocycles. The summed E-state index contributed by atoms with van der Waals surface area (Å²) in [6.07, 6.45) is 9.91. The largest absolute Gasteiger partial charge is 0.371 e. The van der Waals surface area contributed by atoms with Gasteiger partial charge in [-0.15, -0.1) is 0 Å². The van der Waals surface area contributed by atoms with Crippen molar-refractivity contribution < 1.29 is 13.8 Å². The van der Waals surface area contributed by atoms with E-state index in [-0.39, 0.29) is 18.4 Å². The summed E-state index contributed by atoms with van der Waals surface area (Å²) in [5.41, 5.74) is 3.37. The zero-order valence-electron chi connectivity index (χ0n) is 31.1. The van der Waals surface area contributed by atoms with Crippen LogP contribution in [0.3, 0.4) is 0 Å². The highest BCUT2D eigenvalue weighted by atomic mass is 35.5. The number of benzene rings is 2. The number of hydrogen-bond acceptors (Lipinski definition) is 10. The number of nitrogens with zero attached hydrogens (tertiary/aromatic N) is 9. The molecule has 0 saturated carbocycles. The minimum absolute atomic E-state index is 0.241. The Hall–Kier alpha value is -4.31. The zero-order valence-corrected chi connectivity index (χ0v) is 32.7. The molecule has 2 N–H and O–H groups in total. The minimum Gasteiger partial charge on any atom is -0.371 e. The quantitative estimate of drug-likeness (QED) is 0.248. The summed E-state index contributed by atoms with van der Waals surface area (Å²) in [5, 5.41) is 11.9. The molecule has 3 atom stereocenters. The van der Waals surface area contributed by atoms with E-state index in [2.05, 4.69) is 76.0 Å². The molecule has 5 aliphatic rings. The molecule has 5 aliphatic heterocycles. The molecule has 55 heavy (non-hydrogen) atoms. The van der Waals surface area contributed by atoms with Crippen molar-refractivity contribution in [3.8, 4) is 0 Å². The number of imide groups is 1. The summed E-state index contributed by atoms with van der Waals surface area (Å²) in [4.78, 5) is 43.0. The monoisotopic (exact) mass is 785 g/mol. The Morgan fingerprint density at radius 2 is 1.64 bits per heavy atom. The molecule has 2 aromatic heterocycles. The number of piperidine rings is 2. The lowest BCUT2D eigenvalue weighted by atomic mass is 9.95. The summed E-state index contributed by atoms with van der Waals surface area (Å²) >= 11 is 5.92. The van der Waals surface area contributed by atoms with E-state index < -0.39 is 17.0 Å². The molecule has 0 spiro atoms. The first kappa shape index (κ1) is 36.3. The van der Waals surface area contributed by atoms with Crippen molar-refractivity contribution in [1.82, 2.24) is 34.3 Å². The van der Waals surface area contributed by atoms with Crippen LogP contribution in [0, 0.1) is 5.92 Å². The van der Waals surface area contributed by atoms with Crippen LogP contribution in [-0.2, 0) is 22.8 Å². The van der Waals surface area contributed by atoms with Crippen molar-refractivity contribution in [2.24, 2.45) is 13.0 Å². The molecule has 0 radical (unpaired) electrons. The Morgan fingerprint density at radius 3 is 2.36 bits per heavy atom. The average Bonchev–Trinajstić information content (AvgIpc) is 3.67. The smallest absolute Gasteiger partial charge is 0.329 e. The second-order valence-corrected chi connectivity index (χ2v) is 17.6. The summed E-state index contributed by atoms with van der Waals surface area (Å²) in [6, 6.07) is 15.6. The molecule has 7 heterocycles. The molecule has 9 rings (SSSR count). The average molecular weight is 786 g/mol. The van der Waals surface area contributed by atoms with Gasteiger partial charge in [0, 0.05) is 101 Å². The third-order valence-electron chi connectivity index (χ3n) is 12.1. The molecule has 3 unspecified atom stereocenters. The Balaban J connectivity index is 0.768. The number of fused-ring (bicyclic) bond motifs is 3. The van der Waals surface area contributed by atoms with Gasteiger partial charge in [-0.1, -0.05) is 17.7 Å². The topological polar surface area (TPSA) is 135 Å². The minimum atomic E-state index is -1.20. The molecule has 4 aromatic rings. The highest BCUT2D eigenvalue weighted by Crippen LogP contribution is 2.38. The van der Waals surface area contributed by atoms with E-state index in [1.165, 1.54) is 24.2 Å². The van der Waals surface area contributed by atoms with E-state index in [1.807, 2.05) is 17.8 Å². The number of urea groups is 1. The Bertz CT molecular complexity index is 2070. The summed E-state index contributed by atoms with van der Waals surface area (Å²) in [7, 11) is 0.717. The van der Waals surface area contributed by atoms with Gasteiger partial charge in [-0.25, -0.2) is 23.3 Å². The predicted molar refractivity (Wildman–Crippen MR) is 215 cm³/mol. The Labute approximate surface area is 328 Å². The van der Waals surface area contributed by atoms with Crippen LogP contribution < -0.4 is 25.3 Å². The maximum absolute atomic E-state index is 13.7. The molecule has 5 saturated heterocycles. The zero-order chi connectivity index (χ0) is 37.6. The normalized spacial score (nSPS) is 23.8. The van der Waals surface area contributed by atoms with Crippen LogP contribution in [-0.4, -0.2) is 116 Å². The van der Waals surface area contributed by atoms with Crippen LogP contribution in [0.15, 0.2) is 59.8 Å². The first-order valence-electron chi connectivity index (χ1n) is 19.6. The number of hydrogen-bond donors (Lipinski definition) is 2. The number of anilines is 4. The third kappa shape index (κ3) is 7.51. The Kier molecular flexibility index (Phi) is 10.1. The van der Waals surface area contributed by atoms with E-state index in [9.17, 15) is 13.8 Å². The second kappa shape index (κ2) is 15.3. The summed E-state index contributed by atoms with van der Waals surface area (Å²) < 4.78 is 17.6. The van der Waals surface area contributed by atoms with Gasteiger partial charge in [-0.3, -0.25) is 24.6 Å². The highest BCUT2D eigenvalue weighted by Gasteiger charge is 2.41. The van der Waals surface area contributed by atoms with Gasteiger partial charge in [0.25, 0.3) is 0 Å². The number of piperazine rings is 1. The first-order chi connectivity index (χ1) is 26.8. The number of likely N-dealkylation sites (tertiary alicyclic amines) is 1. The van der Waals surface area contributed by atoms with E-state index >= 15 is 0 Å². The number of aromatic nitrogens is 4. The van der Waals surface area contributed by atoms with Crippen LogP contribution in [0.25, 0.3) is 10.9 Å². The van der Waals surface area contributed by atoms with Gasteiger partial charge in [0.15, 0.2) is 5.82 Å². The number of aryl methyl sites for hydroxylation is 1. The van der Waals surface area contributed by atoms with Crippen LogP contribution in [0.2, 0.25) is 5.02 Å².